The molecule has 3 atom stereocenters. The molecular formula is C28H28Cl2N8O3. The predicted octanol–water partition coefficient (Wildman–Crippen LogP) is 3.72. The van der Waals surface area contributed by atoms with Crippen molar-refractivity contribution in [2.45, 2.75) is 44.9 Å². The van der Waals surface area contributed by atoms with Crippen LogP contribution < -0.4 is 0 Å². The van der Waals surface area contributed by atoms with Gasteiger partial charge in [0, 0.05) is 42.7 Å². The van der Waals surface area contributed by atoms with E-state index in [9.17, 15) is 14.7 Å². The van der Waals surface area contributed by atoms with Crippen LogP contribution in [-0.2, 0) is 20.0 Å². The first-order valence-electron chi connectivity index (χ1n) is 13.3. The van der Waals surface area contributed by atoms with E-state index in [1.54, 1.807) is 44.4 Å². The highest BCUT2D eigenvalue weighted by Gasteiger charge is 2.41. The Kier molecular flexibility index (Phi) is 7.04. The minimum absolute atomic E-state index is 0.151. The van der Waals surface area contributed by atoms with Gasteiger partial charge in [-0.3, -0.25) is 14.3 Å². The van der Waals surface area contributed by atoms with Crippen LogP contribution in [0.3, 0.4) is 0 Å². The van der Waals surface area contributed by atoms with Crippen LogP contribution in [0.5, 0.6) is 0 Å². The number of fused-ring (bicyclic) bond motifs is 3. The lowest BCUT2D eigenvalue weighted by Gasteiger charge is -2.38. The van der Waals surface area contributed by atoms with Gasteiger partial charge in [-0.25, -0.2) is 4.68 Å². The molecule has 13 heteroatoms. The van der Waals surface area contributed by atoms with Crippen LogP contribution in [0.25, 0.3) is 11.4 Å². The lowest BCUT2D eigenvalue weighted by atomic mass is 9.96. The van der Waals surface area contributed by atoms with Gasteiger partial charge in [-0.2, -0.15) is 5.10 Å². The van der Waals surface area contributed by atoms with Gasteiger partial charge in [0.25, 0.3) is 11.8 Å². The van der Waals surface area contributed by atoms with Crippen molar-refractivity contribution in [1.82, 2.24) is 39.8 Å². The number of aryl methyl sites for hydroxylation is 1. The Labute approximate surface area is 246 Å². The number of amides is 2. The van der Waals surface area contributed by atoms with E-state index >= 15 is 0 Å². The third kappa shape index (κ3) is 4.67. The van der Waals surface area contributed by atoms with E-state index in [1.165, 1.54) is 0 Å². The molecule has 2 aromatic carbocycles. The lowest BCUT2D eigenvalue weighted by molar-refractivity contribution is 0.0514. The molecule has 2 aromatic heterocycles. The number of hydrogen-bond donors (Lipinski definition) is 1. The van der Waals surface area contributed by atoms with Gasteiger partial charge in [0.15, 0.2) is 5.82 Å². The zero-order chi connectivity index (χ0) is 29.0. The summed E-state index contributed by atoms with van der Waals surface area (Å²) >= 11 is 12.2. The van der Waals surface area contributed by atoms with Gasteiger partial charge in [-0.15, -0.1) is 5.10 Å². The summed E-state index contributed by atoms with van der Waals surface area (Å²) in [7, 11) is 1.77. The van der Waals surface area contributed by atoms with E-state index in [0.717, 1.165) is 16.8 Å². The molecule has 2 amide bonds. The molecule has 2 aliphatic heterocycles. The molecule has 0 aliphatic carbocycles. The number of benzene rings is 2. The van der Waals surface area contributed by atoms with E-state index in [1.807, 2.05) is 38.1 Å². The monoisotopic (exact) mass is 594 g/mol. The van der Waals surface area contributed by atoms with Crippen LogP contribution in [-0.4, -0.2) is 75.9 Å². The summed E-state index contributed by atoms with van der Waals surface area (Å²) in [5, 5.41) is 27.4. The minimum Gasteiger partial charge on any atom is -0.394 e. The smallest absolute Gasteiger partial charge is 0.273 e. The first-order valence-corrected chi connectivity index (χ1v) is 14.0. The number of aliphatic hydroxyl groups excluding tert-OH is 1. The minimum atomic E-state index is -0.408. The summed E-state index contributed by atoms with van der Waals surface area (Å²) in [5.41, 5.74) is 4.11. The molecule has 6 rings (SSSR count). The summed E-state index contributed by atoms with van der Waals surface area (Å²) in [5.74, 6) is 0.254. The first kappa shape index (κ1) is 27.4. The number of aromatic nitrogens is 6. The Morgan fingerprint density at radius 2 is 1.90 bits per heavy atom. The van der Waals surface area contributed by atoms with Crippen molar-refractivity contribution in [2.24, 2.45) is 7.05 Å². The second-order valence-electron chi connectivity index (χ2n) is 10.6. The molecule has 0 spiro atoms. The average molecular weight is 595 g/mol. The van der Waals surface area contributed by atoms with Gasteiger partial charge in [0.05, 0.1) is 41.0 Å². The van der Waals surface area contributed by atoms with Crippen molar-refractivity contribution >= 4 is 35.0 Å². The zero-order valence-corrected chi connectivity index (χ0v) is 24.2. The van der Waals surface area contributed by atoms with Crippen molar-refractivity contribution in [1.29, 1.82) is 0 Å². The zero-order valence-electron chi connectivity index (χ0n) is 22.7. The van der Waals surface area contributed by atoms with Crippen molar-refractivity contribution < 1.29 is 14.7 Å². The number of nitrogens with zero attached hydrogens (tertiary/aromatic N) is 8. The topological polar surface area (TPSA) is 122 Å². The molecule has 2 aliphatic rings. The van der Waals surface area contributed by atoms with Crippen LogP contribution in [0.15, 0.2) is 42.5 Å². The second-order valence-corrected chi connectivity index (χ2v) is 11.4. The van der Waals surface area contributed by atoms with E-state index in [-0.39, 0.29) is 37.0 Å². The Bertz CT molecular complexity index is 1650. The summed E-state index contributed by atoms with van der Waals surface area (Å²) < 4.78 is 3.25. The third-order valence-corrected chi connectivity index (χ3v) is 8.77. The molecule has 0 bridgehead atoms. The maximum Gasteiger partial charge on any atom is 0.273 e. The van der Waals surface area contributed by atoms with Gasteiger partial charge in [0.1, 0.15) is 5.69 Å². The van der Waals surface area contributed by atoms with Crippen LogP contribution in [0.2, 0.25) is 10.0 Å². The number of rotatable bonds is 5. The van der Waals surface area contributed by atoms with Crippen molar-refractivity contribution in [3.8, 4) is 11.4 Å². The fourth-order valence-corrected chi connectivity index (χ4v) is 5.98. The molecule has 0 saturated carbocycles. The second kappa shape index (κ2) is 10.6. The average Bonchev–Trinajstić information content (AvgIpc) is 3.57. The fraction of sp³-hybridized carbons (Fsp3) is 0.357. The predicted molar refractivity (Wildman–Crippen MR) is 152 cm³/mol. The van der Waals surface area contributed by atoms with Gasteiger partial charge < -0.3 is 14.9 Å². The molecule has 1 unspecified atom stereocenters. The highest BCUT2D eigenvalue weighted by atomic mass is 35.5. The number of aliphatic hydroxyl groups is 1. The van der Waals surface area contributed by atoms with Gasteiger partial charge >= 0.3 is 0 Å². The standard InChI is InChI=1S/C28H28Cl2N8O3/c1-15-10-24-21(13-36(15)27(40)19-8-9-22(29)23(30)11-19)25-28(41)37(12-20(14-39)38(25)32-24)16(2)17-4-6-18(7-5-17)26-31-33-34-35(26)3/h4-9,11,15-16,20,39H,10,12-14H2,1-3H3/t15-,16?,20+/m1/s1. The van der Waals surface area contributed by atoms with Crippen LogP contribution in [0.1, 0.15) is 63.6 Å². The summed E-state index contributed by atoms with van der Waals surface area (Å²) in [6.45, 7) is 4.27. The lowest BCUT2D eigenvalue weighted by Crippen LogP contribution is -2.46. The molecule has 212 valence electrons. The molecule has 4 heterocycles. The Morgan fingerprint density at radius 1 is 1.15 bits per heavy atom. The third-order valence-electron chi connectivity index (χ3n) is 8.03. The molecule has 1 N–H and O–H groups in total. The molecule has 4 aromatic rings. The fourth-order valence-electron chi connectivity index (χ4n) is 5.68. The molecule has 11 nitrogen and oxygen atoms in total. The van der Waals surface area contributed by atoms with Crippen molar-refractivity contribution in [2.75, 3.05) is 13.2 Å². The molecule has 0 saturated heterocycles. The normalized spacial score (nSPS) is 19.2. The maximum absolute atomic E-state index is 14.1. The van der Waals surface area contributed by atoms with E-state index in [4.69, 9.17) is 28.3 Å². The van der Waals surface area contributed by atoms with Crippen LogP contribution >= 0.6 is 23.2 Å². The van der Waals surface area contributed by atoms with Crippen LogP contribution in [0.4, 0.5) is 0 Å². The summed E-state index contributed by atoms with van der Waals surface area (Å²) in [4.78, 5) is 31.1. The van der Waals surface area contributed by atoms with E-state index in [2.05, 4.69) is 15.5 Å². The Hall–Kier alpha value is -3.80. The number of tetrazole rings is 1. The Balaban J connectivity index is 1.30. The van der Waals surface area contributed by atoms with Gasteiger partial charge in [0.2, 0.25) is 0 Å². The van der Waals surface area contributed by atoms with Gasteiger partial charge in [-0.05, 0) is 48.0 Å². The largest absolute Gasteiger partial charge is 0.394 e. The first-order chi connectivity index (χ1) is 19.7. The van der Waals surface area contributed by atoms with E-state index < -0.39 is 6.04 Å². The highest BCUT2D eigenvalue weighted by Crippen LogP contribution is 2.36. The van der Waals surface area contributed by atoms with E-state index in [0.29, 0.717) is 45.7 Å². The summed E-state index contributed by atoms with van der Waals surface area (Å²) in [6, 6.07) is 11.7. The Morgan fingerprint density at radius 3 is 2.56 bits per heavy atom. The quantitative estimate of drug-likeness (QED) is 0.373. The SMILES string of the molecule is CC(c1ccc(-c2nnnn2C)cc1)N1C[C@@H](CO)n2nc3c(c2C1=O)CN(C(=O)c1ccc(Cl)c(Cl)c1)[C@H](C)C3. The number of carbonyl (C=O) groups excluding carboxylic acids is 2. The number of hydrogen-bond acceptors (Lipinski definition) is 7. The number of halogens is 2. The van der Waals surface area contributed by atoms with Crippen LogP contribution in [0, 0.1) is 0 Å². The van der Waals surface area contributed by atoms with Crippen molar-refractivity contribution in [3.05, 3.63) is 80.6 Å². The maximum atomic E-state index is 14.1. The number of carbonyl (C=O) groups is 2. The molecule has 0 radical (unpaired) electrons. The molecule has 41 heavy (non-hydrogen) atoms. The highest BCUT2D eigenvalue weighted by molar-refractivity contribution is 6.42. The van der Waals surface area contributed by atoms with Gasteiger partial charge in [-0.1, -0.05) is 47.5 Å². The summed E-state index contributed by atoms with van der Waals surface area (Å²) in [6.07, 6.45) is 0.488. The van der Waals surface area contributed by atoms with Crippen molar-refractivity contribution in [3.63, 3.8) is 0 Å². The molecule has 0 fully saturated rings. The molecular weight excluding hydrogens is 567 g/mol.